The second-order valence-corrected chi connectivity index (χ2v) is 10.8. The molecule has 7 heteroatoms. The van der Waals surface area contributed by atoms with Gasteiger partial charge in [0.2, 0.25) is 0 Å². The summed E-state index contributed by atoms with van der Waals surface area (Å²) in [6.07, 6.45) is 9.76. The van der Waals surface area contributed by atoms with Gasteiger partial charge in [-0.05, 0) is 87.8 Å². The number of aromatic amines is 1. The van der Waals surface area contributed by atoms with Crippen LogP contribution < -0.4 is 5.73 Å². The molecule has 1 aromatic carbocycles. The van der Waals surface area contributed by atoms with Crippen LogP contribution in [0.15, 0.2) is 55.3 Å². The fourth-order valence-electron chi connectivity index (χ4n) is 5.49. The number of H-pyrrole nitrogens is 1. The van der Waals surface area contributed by atoms with Crippen LogP contribution in [-0.4, -0.2) is 45.4 Å². The van der Waals surface area contributed by atoms with E-state index in [4.69, 9.17) is 15.2 Å². The van der Waals surface area contributed by atoms with Gasteiger partial charge in [-0.15, -0.1) is 0 Å². The van der Waals surface area contributed by atoms with E-state index >= 15 is 0 Å². The highest BCUT2D eigenvalue weighted by atomic mass is 16.5. The summed E-state index contributed by atoms with van der Waals surface area (Å²) < 4.78 is 11.9. The smallest absolute Gasteiger partial charge is 0.182 e. The number of benzene rings is 1. The molecule has 0 saturated carbocycles. The number of hydrogen-bond acceptors (Lipinski definition) is 6. The van der Waals surface area contributed by atoms with Gasteiger partial charge in [0, 0.05) is 48.8 Å². The van der Waals surface area contributed by atoms with Crippen molar-refractivity contribution in [2.24, 2.45) is 0 Å². The van der Waals surface area contributed by atoms with E-state index in [1.165, 1.54) is 11.1 Å². The number of rotatable bonds is 6. The van der Waals surface area contributed by atoms with Gasteiger partial charge in [0.05, 0.1) is 12.2 Å². The first kappa shape index (κ1) is 24.4. The molecule has 2 fully saturated rings. The molecule has 0 unspecified atom stereocenters. The zero-order valence-electron chi connectivity index (χ0n) is 21.6. The third-order valence-corrected chi connectivity index (χ3v) is 7.17. The van der Waals surface area contributed by atoms with Crippen LogP contribution in [0.1, 0.15) is 69.5 Å². The fraction of sp³-hybridized carbons (Fsp3) is 0.448. The topological polar surface area (TPSA) is 89.3 Å². The van der Waals surface area contributed by atoms with Crippen molar-refractivity contribution in [1.29, 1.82) is 0 Å². The van der Waals surface area contributed by atoms with E-state index < -0.39 is 0 Å². The first-order chi connectivity index (χ1) is 17.3. The second-order valence-electron chi connectivity index (χ2n) is 10.8. The molecule has 36 heavy (non-hydrogen) atoms. The normalized spacial score (nSPS) is 19.0. The zero-order chi connectivity index (χ0) is 25.3. The molecule has 0 spiro atoms. The van der Waals surface area contributed by atoms with Crippen LogP contribution in [0, 0.1) is 0 Å². The van der Waals surface area contributed by atoms with E-state index in [0.29, 0.717) is 11.7 Å². The SMILES string of the molecule is C=C(OC(C)(C)C)N1CCC[C@H]1c1cc(-c2cnc(N)c(-c3cn[nH]c3)c2)ccc1C1CCOCC1. The fourth-order valence-corrected chi connectivity index (χ4v) is 5.49. The van der Waals surface area contributed by atoms with Gasteiger partial charge >= 0.3 is 0 Å². The first-order valence-corrected chi connectivity index (χ1v) is 12.9. The molecule has 3 aromatic rings. The lowest BCUT2D eigenvalue weighted by molar-refractivity contribution is -0.000873. The van der Waals surface area contributed by atoms with Gasteiger partial charge in [0.15, 0.2) is 5.88 Å². The van der Waals surface area contributed by atoms with Crippen LogP contribution in [0.3, 0.4) is 0 Å². The quantitative estimate of drug-likeness (QED) is 0.412. The Bertz CT molecular complexity index is 1210. The predicted molar refractivity (Wildman–Crippen MR) is 143 cm³/mol. The van der Waals surface area contributed by atoms with Crippen LogP contribution in [0.2, 0.25) is 0 Å². The van der Waals surface area contributed by atoms with Crippen LogP contribution in [-0.2, 0) is 9.47 Å². The number of aromatic nitrogens is 3. The Hall–Kier alpha value is -3.32. The summed E-state index contributed by atoms with van der Waals surface area (Å²) in [7, 11) is 0. The highest BCUT2D eigenvalue weighted by molar-refractivity contribution is 5.79. The van der Waals surface area contributed by atoms with Crippen molar-refractivity contribution in [2.75, 3.05) is 25.5 Å². The Labute approximate surface area is 213 Å². The van der Waals surface area contributed by atoms with E-state index in [9.17, 15) is 0 Å². The minimum atomic E-state index is -0.283. The standard InChI is InChI=1S/C29H37N5O2/c1-19(36-29(2,3)4)34-11-5-6-27(34)26-14-21(7-8-24(26)20-9-12-35-13-10-20)22-15-25(28(30)31-16-22)23-17-32-33-18-23/h7-8,14-18,20,27H,1,5-6,9-13H2,2-4H3,(H2,30,31)(H,32,33)/t27-/m0/s1. The Morgan fingerprint density at radius 1 is 1.08 bits per heavy atom. The van der Waals surface area contributed by atoms with E-state index in [1.54, 1.807) is 6.20 Å². The number of likely N-dealkylation sites (tertiary alicyclic amines) is 1. The molecule has 2 saturated heterocycles. The number of anilines is 1. The van der Waals surface area contributed by atoms with Gasteiger partial charge in [-0.1, -0.05) is 12.1 Å². The minimum Gasteiger partial charge on any atom is -0.474 e. The molecule has 5 rings (SSSR count). The van der Waals surface area contributed by atoms with Crippen LogP contribution >= 0.6 is 0 Å². The third kappa shape index (κ3) is 5.12. The van der Waals surface area contributed by atoms with Crippen molar-refractivity contribution in [1.82, 2.24) is 20.1 Å². The van der Waals surface area contributed by atoms with Gasteiger partial charge in [-0.3, -0.25) is 5.10 Å². The Balaban J connectivity index is 1.55. The number of nitrogens with two attached hydrogens (primary N) is 1. The molecule has 190 valence electrons. The molecule has 4 heterocycles. The molecule has 7 nitrogen and oxygen atoms in total. The van der Waals surface area contributed by atoms with Gasteiger partial charge in [-0.25, -0.2) is 4.98 Å². The van der Waals surface area contributed by atoms with E-state index in [-0.39, 0.29) is 11.6 Å². The molecular weight excluding hydrogens is 450 g/mol. The molecule has 0 radical (unpaired) electrons. The molecule has 2 aliphatic heterocycles. The lowest BCUT2D eigenvalue weighted by Gasteiger charge is -2.35. The van der Waals surface area contributed by atoms with Crippen molar-refractivity contribution >= 4 is 5.82 Å². The maximum atomic E-state index is 6.22. The molecular formula is C29H37N5O2. The number of nitrogens with zero attached hydrogens (tertiary/aromatic N) is 3. The number of ether oxygens (including phenoxy) is 2. The summed E-state index contributed by atoms with van der Waals surface area (Å²) in [6.45, 7) is 13.1. The average molecular weight is 488 g/mol. The van der Waals surface area contributed by atoms with Crippen molar-refractivity contribution < 1.29 is 9.47 Å². The Kier molecular flexibility index (Phi) is 6.75. The predicted octanol–water partition coefficient (Wildman–Crippen LogP) is 6.04. The average Bonchev–Trinajstić information content (AvgIpc) is 3.56. The number of nitrogens with one attached hydrogen (secondary N) is 1. The van der Waals surface area contributed by atoms with Gasteiger partial charge in [0.25, 0.3) is 0 Å². The summed E-state index contributed by atoms with van der Waals surface area (Å²) in [5, 5.41) is 6.94. The monoisotopic (exact) mass is 487 g/mol. The summed E-state index contributed by atoms with van der Waals surface area (Å²) in [5.74, 6) is 1.75. The van der Waals surface area contributed by atoms with Crippen LogP contribution in [0.25, 0.3) is 22.3 Å². The van der Waals surface area contributed by atoms with Crippen LogP contribution in [0.4, 0.5) is 5.82 Å². The Morgan fingerprint density at radius 2 is 1.89 bits per heavy atom. The molecule has 3 N–H and O–H groups in total. The van der Waals surface area contributed by atoms with Gasteiger partial charge in [-0.2, -0.15) is 5.10 Å². The lowest BCUT2D eigenvalue weighted by Crippen LogP contribution is -2.30. The van der Waals surface area contributed by atoms with Crippen molar-refractivity contribution in [2.45, 2.75) is 64.0 Å². The highest BCUT2D eigenvalue weighted by Gasteiger charge is 2.33. The van der Waals surface area contributed by atoms with Crippen LogP contribution in [0.5, 0.6) is 0 Å². The molecule has 0 aliphatic carbocycles. The van der Waals surface area contributed by atoms with Gasteiger partial charge in [0.1, 0.15) is 11.4 Å². The number of hydrogen-bond donors (Lipinski definition) is 2. The summed E-state index contributed by atoms with van der Waals surface area (Å²) >= 11 is 0. The minimum absolute atomic E-state index is 0.229. The lowest BCUT2D eigenvalue weighted by atomic mass is 9.83. The number of pyridine rings is 1. The molecule has 0 amide bonds. The summed E-state index contributed by atoms with van der Waals surface area (Å²) in [5.41, 5.74) is 12.7. The number of nitrogen functional groups attached to an aromatic ring is 1. The maximum absolute atomic E-state index is 6.22. The molecule has 0 bridgehead atoms. The third-order valence-electron chi connectivity index (χ3n) is 7.17. The summed E-state index contributed by atoms with van der Waals surface area (Å²) in [4.78, 5) is 6.86. The summed E-state index contributed by atoms with van der Waals surface area (Å²) in [6, 6.07) is 9.23. The highest BCUT2D eigenvalue weighted by Crippen LogP contribution is 2.43. The molecule has 2 aromatic heterocycles. The van der Waals surface area contributed by atoms with E-state index in [1.807, 2.05) is 12.4 Å². The molecule has 2 aliphatic rings. The van der Waals surface area contributed by atoms with E-state index in [0.717, 1.165) is 73.6 Å². The van der Waals surface area contributed by atoms with Crippen molar-refractivity contribution in [3.8, 4) is 22.3 Å². The molecule has 1 atom stereocenters. The van der Waals surface area contributed by atoms with Crippen molar-refractivity contribution in [3.05, 3.63) is 66.4 Å². The van der Waals surface area contributed by atoms with Crippen molar-refractivity contribution in [3.63, 3.8) is 0 Å². The van der Waals surface area contributed by atoms with Gasteiger partial charge < -0.3 is 20.1 Å². The van der Waals surface area contributed by atoms with E-state index in [2.05, 4.69) is 71.7 Å². The Morgan fingerprint density at radius 3 is 2.61 bits per heavy atom. The largest absolute Gasteiger partial charge is 0.474 e. The first-order valence-electron chi connectivity index (χ1n) is 12.9. The zero-order valence-corrected chi connectivity index (χ0v) is 21.6. The second kappa shape index (κ2) is 9.97. The maximum Gasteiger partial charge on any atom is 0.182 e.